The molecule has 0 bridgehead atoms. The summed E-state index contributed by atoms with van der Waals surface area (Å²) in [6.07, 6.45) is 0. The van der Waals surface area contributed by atoms with E-state index >= 15 is 0 Å². The third-order valence-corrected chi connectivity index (χ3v) is 4.24. The summed E-state index contributed by atoms with van der Waals surface area (Å²) in [6, 6.07) is 26.2. The summed E-state index contributed by atoms with van der Waals surface area (Å²) in [6.45, 7) is 0. The minimum absolute atomic E-state index is 0.268. The maximum Gasteiger partial charge on any atom is 0.123 e. The van der Waals surface area contributed by atoms with Gasteiger partial charge in [0.25, 0.3) is 0 Å². The van der Waals surface area contributed by atoms with Crippen molar-refractivity contribution in [3.63, 3.8) is 0 Å². The van der Waals surface area contributed by atoms with Crippen LogP contribution >= 0.6 is 0 Å². The normalized spacial score (nSPS) is 10.7. The van der Waals surface area contributed by atoms with Crippen LogP contribution in [0.15, 0.2) is 84.9 Å². The molecule has 1 aromatic heterocycles. The number of rotatable bonds is 4. The van der Waals surface area contributed by atoms with E-state index in [1.807, 2.05) is 65.3 Å². The predicted octanol–water partition coefficient (Wildman–Crippen LogP) is 5.35. The van der Waals surface area contributed by atoms with E-state index in [0.717, 1.165) is 34.0 Å². The lowest BCUT2D eigenvalue weighted by atomic mass is 10.1. The van der Waals surface area contributed by atoms with Crippen LogP contribution in [0.1, 0.15) is 0 Å². The number of ether oxygens (including phenoxy) is 1. The first-order valence-electron chi connectivity index (χ1n) is 8.30. The van der Waals surface area contributed by atoms with Crippen molar-refractivity contribution in [1.29, 1.82) is 0 Å². The number of methoxy groups -OCH3 is 1. The Labute approximate surface area is 151 Å². The average molecular weight is 344 g/mol. The molecule has 0 N–H and O–H groups in total. The van der Waals surface area contributed by atoms with Gasteiger partial charge in [0.15, 0.2) is 0 Å². The van der Waals surface area contributed by atoms with E-state index in [-0.39, 0.29) is 5.82 Å². The molecular weight excluding hydrogens is 327 g/mol. The fraction of sp³-hybridized carbons (Fsp3) is 0.0455. The van der Waals surface area contributed by atoms with Gasteiger partial charge in [-0.3, -0.25) is 0 Å². The molecule has 3 nitrogen and oxygen atoms in total. The van der Waals surface area contributed by atoms with Crippen molar-refractivity contribution < 1.29 is 9.13 Å². The highest BCUT2D eigenvalue weighted by Gasteiger charge is 2.13. The van der Waals surface area contributed by atoms with Crippen LogP contribution in [0.2, 0.25) is 0 Å². The number of hydrogen-bond donors (Lipinski definition) is 0. The van der Waals surface area contributed by atoms with E-state index in [4.69, 9.17) is 9.84 Å². The third kappa shape index (κ3) is 3.09. The molecule has 0 radical (unpaired) electrons. The van der Waals surface area contributed by atoms with Crippen LogP contribution in [0.5, 0.6) is 5.75 Å². The van der Waals surface area contributed by atoms with Crippen molar-refractivity contribution in [3.8, 4) is 34.0 Å². The molecule has 0 aliphatic heterocycles. The second-order valence-electron chi connectivity index (χ2n) is 5.90. The third-order valence-electron chi connectivity index (χ3n) is 4.24. The highest BCUT2D eigenvalue weighted by Crippen LogP contribution is 2.29. The molecule has 4 aromatic rings. The topological polar surface area (TPSA) is 27.1 Å². The Balaban J connectivity index is 1.87. The van der Waals surface area contributed by atoms with Gasteiger partial charge >= 0.3 is 0 Å². The summed E-state index contributed by atoms with van der Waals surface area (Å²) in [5, 5.41) is 4.76. The van der Waals surface area contributed by atoms with Crippen LogP contribution in [-0.2, 0) is 0 Å². The van der Waals surface area contributed by atoms with Crippen molar-refractivity contribution in [2.45, 2.75) is 0 Å². The summed E-state index contributed by atoms with van der Waals surface area (Å²) in [4.78, 5) is 0. The summed E-state index contributed by atoms with van der Waals surface area (Å²) >= 11 is 0. The fourth-order valence-corrected chi connectivity index (χ4v) is 2.88. The van der Waals surface area contributed by atoms with Gasteiger partial charge in [-0.25, -0.2) is 9.07 Å². The highest BCUT2D eigenvalue weighted by molar-refractivity contribution is 5.70. The van der Waals surface area contributed by atoms with Gasteiger partial charge in [-0.1, -0.05) is 30.3 Å². The Bertz CT molecular complexity index is 1010. The van der Waals surface area contributed by atoms with Crippen molar-refractivity contribution in [2.75, 3.05) is 7.11 Å². The lowest BCUT2D eigenvalue weighted by Crippen LogP contribution is -1.99. The summed E-state index contributed by atoms with van der Waals surface area (Å²) < 4.78 is 20.4. The molecule has 0 aliphatic carbocycles. The Hall–Kier alpha value is -3.40. The molecule has 3 aromatic carbocycles. The molecule has 4 rings (SSSR count). The van der Waals surface area contributed by atoms with Crippen LogP contribution in [0.3, 0.4) is 0 Å². The molecular formula is C22H17FN2O. The van der Waals surface area contributed by atoms with Crippen molar-refractivity contribution in [2.24, 2.45) is 0 Å². The zero-order valence-electron chi connectivity index (χ0n) is 14.3. The first-order valence-corrected chi connectivity index (χ1v) is 8.30. The SMILES string of the molecule is COc1ccc(-c2cc(-c3ccccc3)nn2-c2ccc(F)cc2)cc1. The second-order valence-corrected chi connectivity index (χ2v) is 5.90. The molecule has 0 atom stereocenters. The summed E-state index contributed by atoms with van der Waals surface area (Å²) in [5.74, 6) is 0.528. The minimum atomic E-state index is -0.268. The van der Waals surface area contributed by atoms with Crippen molar-refractivity contribution in [1.82, 2.24) is 9.78 Å². The number of benzene rings is 3. The van der Waals surface area contributed by atoms with Gasteiger partial charge in [0.1, 0.15) is 11.6 Å². The minimum Gasteiger partial charge on any atom is -0.497 e. The Morgan fingerprint density at radius 1 is 0.808 bits per heavy atom. The van der Waals surface area contributed by atoms with Gasteiger partial charge in [-0.15, -0.1) is 0 Å². The molecule has 0 amide bonds. The van der Waals surface area contributed by atoms with Crippen molar-refractivity contribution >= 4 is 0 Å². The molecule has 0 saturated carbocycles. The summed E-state index contributed by atoms with van der Waals surface area (Å²) in [5.41, 5.74) is 4.63. The zero-order chi connectivity index (χ0) is 17.9. The van der Waals surface area contributed by atoms with Gasteiger partial charge in [0.2, 0.25) is 0 Å². The van der Waals surface area contributed by atoms with E-state index in [0.29, 0.717) is 0 Å². The van der Waals surface area contributed by atoms with E-state index in [1.54, 1.807) is 19.2 Å². The molecule has 0 aliphatic rings. The molecule has 0 spiro atoms. The summed E-state index contributed by atoms with van der Waals surface area (Å²) in [7, 11) is 1.64. The van der Waals surface area contributed by atoms with E-state index < -0.39 is 0 Å². The zero-order valence-corrected chi connectivity index (χ0v) is 14.3. The number of halogens is 1. The molecule has 0 unspecified atom stereocenters. The maximum absolute atomic E-state index is 13.3. The van der Waals surface area contributed by atoms with Gasteiger partial charge in [-0.2, -0.15) is 5.10 Å². The van der Waals surface area contributed by atoms with Crippen LogP contribution in [0.25, 0.3) is 28.2 Å². The van der Waals surface area contributed by atoms with Gasteiger partial charge in [0, 0.05) is 11.1 Å². The maximum atomic E-state index is 13.3. The predicted molar refractivity (Wildman–Crippen MR) is 101 cm³/mol. The number of nitrogens with zero attached hydrogens (tertiary/aromatic N) is 2. The molecule has 128 valence electrons. The standard InChI is InChI=1S/C22H17FN2O/c1-26-20-13-7-17(8-14-20)22-15-21(16-5-3-2-4-6-16)24-25(22)19-11-9-18(23)10-12-19/h2-15H,1H3. The Morgan fingerprint density at radius 3 is 2.15 bits per heavy atom. The van der Waals surface area contributed by atoms with E-state index in [9.17, 15) is 4.39 Å². The van der Waals surface area contributed by atoms with Crippen LogP contribution < -0.4 is 4.74 Å². The largest absolute Gasteiger partial charge is 0.497 e. The van der Waals surface area contributed by atoms with Gasteiger partial charge < -0.3 is 4.74 Å². The van der Waals surface area contributed by atoms with Crippen LogP contribution in [0.4, 0.5) is 4.39 Å². The second kappa shape index (κ2) is 6.84. The lowest BCUT2D eigenvalue weighted by molar-refractivity contribution is 0.415. The molecule has 0 fully saturated rings. The molecule has 26 heavy (non-hydrogen) atoms. The number of hydrogen-bond acceptors (Lipinski definition) is 2. The average Bonchev–Trinajstić information content (AvgIpc) is 3.15. The quantitative estimate of drug-likeness (QED) is 0.499. The molecule has 4 heteroatoms. The molecule has 0 saturated heterocycles. The van der Waals surface area contributed by atoms with Gasteiger partial charge in [0.05, 0.1) is 24.2 Å². The van der Waals surface area contributed by atoms with E-state index in [1.165, 1.54) is 12.1 Å². The first kappa shape index (κ1) is 16.1. The first-order chi connectivity index (χ1) is 12.7. The van der Waals surface area contributed by atoms with E-state index in [2.05, 4.69) is 0 Å². The lowest BCUT2D eigenvalue weighted by Gasteiger charge is -2.08. The molecule has 1 heterocycles. The van der Waals surface area contributed by atoms with Crippen LogP contribution in [-0.4, -0.2) is 16.9 Å². The fourth-order valence-electron chi connectivity index (χ4n) is 2.88. The number of aromatic nitrogens is 2. The highest BCUT2D eigenvalue weighted by atomic mass is 19.1. The smallest absolute Gasteiger partial charge is 0.123 e. The van der Waals surface area contributed by atoms with Crippen LogP contribution in [0, 0.1) is 5.82 Å². The Kier molecular flexibility index (Phi) is 4.23. The monoisotopic (exact) mass is 344 g/mol. The van der Waals surface area contributed by atoms with Gasteiger partial charge in [-0.05, 0) is 54.6 Å². The Morgan fingerprint density at radius 2 is 1.50 bits per heavy atom. The van der Waals surface area contributed by atoms with Crippen molar-refractivity contribution in [3.05, 3.63) is 90.7 Å².